The second-order valence-electron chi connectivity index (χ2n) is 7.86. The normalized spacial score (nSPS) is 16.0. The van der Waals surface area contributed by atoms with Crippen molar-refractivity contribution >= 4 is 57.8 Å². The standard InChI is InChI=1S/C27H24Cl2N2O2S/c1-3-14-31-26(32)25(34-27(31)30-22-12-8-18(2)9-13-22)15-19-6-4-5-7-24(19)33-17-20-10-11-21(28)16-23(20)29/h4-13,15-16H,3,14,17H2,1-2H3/b25-15+,30-27?. The highest BCUT2D eigenvalue weighted by Crippen LogP contribution is 2.36. The van der Waals surface area contributed by atoms with Gasteiger partial charge in [-0.3, -0.25) is 9.69 Å². The number of aliphatic imine (C=N–C) groups is 1. The average Bonchev–Trinajstić information content (AvgIpc) is 3.10. The van der Waals surface area contributed by atoms with Crippen molar-refractivity contribution in [1.82, 2.24) is 4.90 Å². The number of amides is 1. The van der Waals surface area contributed by atoms with Gasteiger partial charge in [-0.15, -0.1) is 0 Å². The van der Waals surface area contributed by atoms with Gasteiger partial charge in [0.05, 0.1) is 10.6 Å². The first-order chi connectivity index (χ1) is 16.4. The average molecular weight is 511 g/mol. The summed E-state index contributed by atoms with van der Waals surface area (Å²) < 4.78 is 6.06. The minimum absolute atomic E-state index is 0.0479. The summed E-state index contributed by atoms with van der Waals surface area (Å²) in [4.78, 5) is 20.3. The Morgan fingerprint density at radius 3 is 2.56 bits per heavy atom. The number of hydrogen-bond donors (Lipinski definition) is 0. The second-order valence-corrected chi connectivity index (χ2v) is 9.71. The van der Waals surface area contributed by atoms with Gasteiger partial charge in [-0.25, -0.2) is 4.99 Å². The molecule has 1 saturated heterocycles. The summed E-state index contributed by atoms with van der Waals surface area (Å²) in [5.41, 5.74) is 3.64. The third kappa shape index (κ3) is 5.84. The zero-order valence-electron chi connectivity index (χ0n) is 18.9. The molecule has 0 aliphatic carbocycles. The minimum Gasteiger partial charge on any atom is -0.488 e. The van der Waals surface area contributed by atoms with Crippen LogP contribution >= 0.6 is 35.0 Å². The van der Waals surface area contributed by atoms with Crippen molar-refractivity contribution in [2.24, 2.45) is 4.99 Å². The second kappa shape index (κ2) is 11.1. The molecule has 1 fully saturated rings. The van der Waals surface area contributed by atoms with Crippen LogP contribution in [0.4, 0.5) is 5.69 Å². The Morgan fingerprint density at radius 1 is 1.06 bits per heavy atom. The molecule has 1 aliphatic rings. The molecule has 0 radical (unpaired) electrons. The Bertz CT molecular complexity index is 1260. The van der Waals surface area contributed by atoms with E-state index in [0.29, 0.717) is 39.0 Å². The first kappa shape index (κ1) is 24.4. The molecule has 1 aliphatic heterocycles. The van der Waals surface area contributed by atoms with E-state index < -0.39 is 0 Å². The van der Waals surface area contributed by atoms with Crippen LogP contribution in [-0.2, 0) is 11.4 Å². The topological polar surface area (TPSA) is 41.9 Å². The number of amidine groups is 1. The van der Waals surface area contributed by atoms with Crippen LogP contribution in [0, 0.1) is 6.92 Å². The van der Waals surface area contributed by atoms with E-state index in [0.717, 1.165) is 23.2 Å². The molecule has 7 heteroatoms. The van der Waals surface area contributed by atoms with Crippen LogP contribution in [0.25, 0.3) is 6.08 Å². The van der Waals surface area contributed by atoms with Gasteiger partial charge in [0.15, 0.2) is 5.17 Å². The van der Waals surface area contributed by atoms with E-state index in [9.17, 15) is 4.79 Å². The highest BCUT2D eigenvalue weighted by Gasteiger charge is 2.33. The quantitative estimate of drug-likeness (QED) is 0.303. The van der Waals surface area contributed by atoms with E-state index in [-0.39, 0.29) is 5.91 Å². The van der Waals surface area contributed by atoms with Crippen LogP contribution in [0.1, 0.15) is 30.0 Å². The number of rotatable bonds is 7. The van der Waals surface area contributed by atoms with Crippen molar-refractivity contribution in [2.45, 2.75) is 26.9 Å². The molecule has 0 saturated carbocycles. The fourth-order valence-corrected chi connectivity index (χ4v) is 4.89. The van der Waals surface area contributed by atoms with E-state index in [2.05, 4.69) is 0 Å². The SMILES string of the molecule is CCCN1C(=O)/C(=C\c2ccccc2OCc2ccc(Cl)cc2Cl)SC1=Nc1ccc(C)cc1. The van der Waals surface area contributed by atoms with Gasteiger partial charge in [0.1, 0.15) is 12.4 Å². The largest absolute Gasteiger partial charge is 0.488 e. The number of benzene rings is 3. The molecule has 174 valence electrons. The van der Waals surface area contributed by atoms with Gasteiger partial charge in [-0.05, 0) is 61.5 Å². The molecule has 1 heterocycles. The number of carbonyl (C=O) groups is 1. The van der Waals surface area contributed by atoms with Crippen molar-refractivity contribution in [3.8, 4) is 5.75 Å². The summed E-state index contributed by atoms with van der Waals surface area (Å²) in [5.74, 6) is 0.619. The lowest BCUT2D eigenvalue weighted by molar-refractivity contribution is -0.122. The van der Waals surface area contributed by atoms with E-state index >= 15 is 0 Å². The monoisotopic (exact) mass is 510 g/mol. The number of para-hydroxylation sites is 1. The Morgan fingerprint density at radius 2 is 1.82 bits per heavy atom. The highest BCUT2D eigenvalue weighted by atomic mass is 35.5. The fourth-order valence-electron chi connectivity index (χ4n) is 3.41. The van der Waals surface area contributed by atoms with Crippen molar-refractivity contribution in [1.29, 1.82) is 0 Å². The fraction of sp³-hybridized carbons (Fsp3) is 0.185. The number of halogens is 2. The van der Waals surface area contributed by atoms with Crippen LogP contribution in [0.2, 0.25) is 10.0 Å². The third-order valence-corrected chi connectivity index (χ3v) is 6.79. The summed E-state index contributed by atoms with van der Waals surface area (Å²) in [6.07, 6.45) is 2.71. The van der Waals surface area contributed by atoms with Crippen molar-refractivity contribution < 1.29 is 9.53 Å². The number of nitrogens with zero attached hydrogens (tertiary/aromatic N) is 2. The minimum atomic E-state index is -0.0479. The van der Waals surface area contributed by atoms with Crippen molar-refractivity contribution in [3.05, 3.63) is 98.4 Å². The van der Waals surface area contributed by atoms with Crippen molar-refractivity contribution in [2.75, 3.05) is 6.54 Å². The molecule has 1 amide bonds. The molecule has 3 aromatic carbocycles. The summed E-state index contributed by atoms with van der Waals surface area (Å²) in [6, 6.07) is 20.9. The van der Waals surface area contributed by atoms with Gasteiger partial charge in [0.25, 0.3) is 5.91 Å². The predicted octanol–water partition coefficient (Wildman–Crippen LogP) is 7.89. The smallest absolute Gasteiger partial charge is 0.266 e. The highest BCUT2D eigenvalue weighted by molar-refractivity contribution is 8.18. The molecule has 0 unspecified atom stereocenters. The lowest BCUT2D eigenvalue weighted by Crippen LogP contribution is -2.29. The van der Waals surface area contributed by atoms with Crippen LogP contribution < -0.4 is 4.74 Å². The summed E-state index contributed by atoms with van der Waals surface area (Å²) in [5, 5.41) is 1.82. The van der Waals surface area contributed by atoms with Crippen LogP contribution in [0.15, 0.2) is 76.6 Å². The van der Waals surface area contributed by atoms with Gasteiger partial charge in [-0.2, -0.15) is 0 Å². The summed E-state index contributed by atoms with van der Waals surface area (Å²) in [7, 11) is 0. The van der Waals surface area contributed by atoms with Gasteiger partial charge in [0, 0.05) is 27.7 Å². The lowest BCUT2D eigenvalue weighted by atomic mass is 10.1. The molecule has 3 aromatic rings. The predicted molar refractivity (Wildman–Crippen MR) is 143 cm³/mol. The molecular weight excluding hydrogens is 487 g/mol. The van der Waals surface area contributed by atoms with Gasteiger partial charge < -0.3 is 4.74 Å². The molecule has 0 atom stereocenters. The molecule has 34 heavy (non-hydrogen) atoms. The Balaban J connectivity index is 1.59. The Labute approximate surface area is 214 Å². The molecule has 0 spiro atoms. The van der Waals surface area contributed by atoms with Crippen LogP contribution in [0.5, 0.6) is 5.75 Å². The molecule has 4 nitrogen and oxygen atoms in total. The zero-order chi connectivity index (χ0) is 24.1. The van der Waals surface area contributed by atoms with E-state index in [1.807, 2.05) is 74.5 Å². The Kier molecular flexibility index (Phi) is 7.99. The maximum absolute atomic E-state index is 13.2. The Hall–Kier alpha value is -2.73. The first-order valence-corrected chi connectivity index (χ1v) is 12.5. The molecule has 0 N–H and O–H groups in total. The number of carbonyl (C=O) groups excluding carboxylic acids is 1. The number of hydrogen-bond acceptors (Lipinski definition) is 4. The third-order valence-electron chi connectivity index (χ3n) is 5.20. The molecule has 0 bridgehead atoms. The van der Waals surface area contributed by atoms with Gasteiger partial charge in [0.2, 0.25) is 0 Å². The van der Waals surface area contributed by atoms with Gasteiger partial charge >= 0.3 is 0 Å². The lowest BCUT2D eigenvalue weighted by Gasteiger charge is -2.14. The zero-order valence-corrected chi connectivity index (χ0v) is 21.3. The first-order valence-electron chi connectivity index (χ1n) is 11.0. The van der Waals surface area contributed by atoms with E-state index in [1.165, 1.54) is 17.3 Å². The summed E-state index contributed by atoms with van der Waals surface area (Å²) in [6.45, 7) is 4.99. The van der Waals surface area contributed by atoms with Crippen LogP contribution in [-0.4, -0.2) is 22.5 Å². The van der Waals surface area contributed by atoms with E-state index in [4.69, 9.17) is 32.9 Å². The van der Waals surface area contributed by atoms with Gasteiger partial charge in [-0.1, -0.05) is 72.1 Å². The summed E-state index contributed by atoms with van der Waals surface area (Å²) >= 11 is 13.7. The number of thioether (sulfide) groups is 1. The molecular formula is C27H24Cl2N2O2S. The van der Waals surface area contributed by atoms with Crippen LogP contribution in [0.3, 0.4) is 0 Å². The molecule has 4 rings (SSSR count). The maximum Gasteiger partial charge on any atom is 0.266 e. The number of aryl methyl sites for hydroxylation is 1. The molecule has 0 aromatic heterocycles. The van der Waals surface area contributed by atoms with Crippen molar-refractivity contribution in [3.63, 3.8) is 0 Å². The maximum atomic E-state index is 13.2. The van der Waals surface area contributed by atoms with E-state index in [1.54, 1.807) is 17.0 Å². The number of ether oxygens (including phenoxy) is 1.